The van der Waals surface area contributed by atoms with Gasteiger partial charge in [-0.05, 0) is 82.0 Å². The first-order valence-corrected chi connectivity index (χ1v) is 16.7. The van der Waals surface area contributed by atoms with Crippen LogP contribution in [0.1, 0.15) is 67.4 Å². The van der Waals surface area contributed by atoms with Gasteiger partial charge in [-0.2, -0.15) is 0 Å². The predicted octanol–water partition coefficient (Wildman–Crippen LogP) is 4.72. The summed E-state index contributed by atoms with van der Waals surface area (Å²) in [5.74, 6) is 1.28. The van der Waals surface area contributed by atoms with Crippen LogP contribution in [0.25, 0.3) is 11.1 Å². The topological polar surface area (TPSA) is 59.8 Å². The summed E-state index contributed by atoms with van der Waals surface area (Å²) in [5, 5.41) is 0. The molecule has 4 N–H and O–H groups in total. The third kappa shape index (κ3) is 2.34. The predicted molar refractivity (Wildman–Crippen MR) is 162 cm³/mol. The molecule has 41 heavy (non-hydrogen) atoms. The highest BCUT2D eigenvalue weighted by Gasteiger charge is 2.68. The number of nitrogens with zero attached hydrogens (tertiary/aromatic N) is 2. The normalized spacial score (nSPS) is 24.0. The molecule has 6 heteroatoms. The van der Waals surface area contributed by atoms with E-state index in [1.807, 2.05) is 0 Å². The molecule has 4 aromatic carbocycles. The maximum absolute atomic E-state index is 7.92. The van der Waals surface area contributed by atoms with E-state index in [4.69, 9.17) is 11.5 Å². The quantitative estimate of drug-likeness (QED) is 0.235. The number of hydrogen-bond donors (Lipinski definition) is 2. The first-order valence-electron chi connectivity index (χ1n) is 14.2. The second-order valence-corrected chi connectivity index (χ2v) is 13.7. The Morgan fingerprint density at radius 3 is 1.54 bits per heavy atom. The second-order valence-electron chi connectivity index (χ2n) is 12.0. The Hall–Kier alpha value is -3.42. The second kappa shape index (κ2) is 7.31. The van der Waals surface area contributed by atoms with E-state index in [0.717, 1.165) is 12.8 Å². The highest BCUT2D eigenvalue weighted by atomic mass is 32.2. The molecule has 0 spiro atoms. The zero-order chi connectivity index (χ0) is 27.4. The molecule has 2 atom stereocenters. The maximum Gasteiger partial charge on any atom is 0.434 e. The zero-order valence-electron chi connectivity index (χ0n) is 22.9. The molecule has 0 bridgehead atoms. The summed E-state index contributed by atoms with van der Waals surface area (Å²) in [6.45, 7) is 0. The summed E-state index contributed by atoms with van der Waals surface area (Å²) in [6.07, 6.45) is 10.5. The molecule has 198 valence electrons. The third-order valence-electron chi connectivity index (χ3n) is 10.5. The molecule has 0 amide bonds. The minimum atomic E-state index is -0.835. The summed E-state index contributed by atoms with van der Waals surface area (Å²) in [7, 11) is 0. The van der Waals surface area contributed by atoms with Gasteiger partial charge in [0, 0.05) is 9.79 Å². The molecular weight excluding hydrogens is 541 g/mol. The molecule has 3 aliphatic carbocycles. The highest BCUT2D eigenvalue weighted by Crippen LogP contribution is 2.60. The van der Waals surface area contributed by atoms with Gasteiger partial charge in [0.05, 0.1) is 28.3 Å². The fourth-order valence-corrected chi connectivity index (χ4v) is 10.6. The van der Waals surface area contributed by atoms with E-state index in [1.54, 1.807) is 23.5 Å². The lowest BCUT2D eigenvalue weighted by molar-refractivity contribution is -0.881. The first-order chi connectivity index (χ1) is 20.0. The van der Waals surface area contributed by atoms with E-state index < -0.39 is 11.3 Å². The summed E-state index contributed by atoms with van der Waals surface area (Å²) >= 11 is 3.58. The van der Waals surface area contributed by atoms with Crippen LogP contribution in [-0.2, 0) is 24.2 Å². The molecule has 5 aromatic rings. The van der Waals surface area contributed by atoms with Gasteiger partial charge in [-0.25, -0.2) is 0 Å². The monoisotopic (exact) mass is 568 g/mol. The van der Waals surface area contributed by atoms with Crippen molar-refractivity contribution in [2.45, 2.75) is 39.9 Å². The van der Waals surface area contributed by atoms with E-state index >= 15 is 0 Å². The van der Waals surface area contributed by atoms with E-state index in [0.29, 0.717) is 0 Å². The minimum Gasteiger partial charge on any atom is -0.262 e. The Morgan fingerprint density at radius 1 is 0.610 bits per heavy atom. The molecule has 2 aliphatic heterocycles. The molecule has 5 aliphatic rings. The van der Waals surface area contributed by atoms with Crippen LogP contribution in [0.15, 0.2) is 88.9 Å². The lowest BCUT2D eigenvalue weighted by atomic mass is 9.67. The molecular formula is C35H28N4S2+2. The van der Waals surface area contributed by atoms with Crippen molar-refractivity contribution in [3.8, 4) is 11.1 Å². The third-order valence-corrected chi connectivity index (χ3v) is 12.0. The van der Waals surface area contributed by atoms with Crippen LogP contribution in [0.3, 0.4) is 0 Å². The number of thioether (sulfide) groups is 2. The Balaban J connectivity index is 1.43. The molecule has 0 radical (unpaired) electrons. The van der Waals surface area contributed by atoms with Crippen LogP contribution in [0, 0.1) is 0 Å². The van der Waals surface area contributed by atoms with E-state index in [1.165, 1.54) is 82.4 Å². The Bertz CT molecular complexity index is 1940. The van der Waals surface area contributed by atoms with Crippen molar-refractivity contribution in [2.75, 3.05) is 12.5 Å². The van der Waals surface area contributed by atoms with E-state index in [9.17, 15) is 0 Å². The summed E-state index contributed by atoms with van der Waals surface area (Å²) in [5.41, 5.74) is 29.9. The number of aromatic nitrogens is 2. The van der Waals surface area contributed by atoms with Crippen LogP contribution in [0.4, 0.5) is 0 Å². The van der Waals surface area contributed by atoms with Crippen molar-refractivity contribution in [2.24, 2.45) is 11.5 Å². The average molecular weight is 569 g/mol. The fraction of sp³-hybridized carbons (Fsp3) is 0.200. The lowest BCUT2D eigenvalue weighted by Crippen LogP contribution is -2.79. The number of benzene rings is 4. The summed E-state index contributed by atoms with van der Waals surface area (Å²) < 4.78 is 4.78. The van der Waals surface area contributed by atoms with Crippen molar-refractivity contribution in [1.29, 1.82) is 0 Å². The van der Waals surface area contributed by atoms with Gasteiger partial charge in [-0.3, -0.25) is 11.5 Å². The smallest absolute Gasteiger partial charge is 0.262 e. The number of hydrogen-bond acceptors (Lipinski definition) is 4. The van der Waals surface area contributed by atoms with Crippen LogP contribution in [-0.4, -0.2) is 12.5 Å². The minimum absolute atomic E-state index is 0.102. The van der Waals surface area contributed by atoms with Crippen LogP contribution in [0.2, 0.25) is 0 Å². The maximum atomic E-state index is 7.92. The molecule has 10 rings (SSSR count). The van der Waals surface area contributed by atoms with Crippen LogP contribution < -0.4 is 20.6 Å². The van der Waals surface area contributed by atoms with Crippen molar-refractivity contribution in [3.05, 3.63) is 141 Å². The number of nitrogens with two attached hydrogens (primary N) is 2. The molecule has 2 unspecified atom stereocenters. The van der Waals surface area contributed by atoms with Crippen molar-refractivity contribution < 1.29 is 9.13 Å². The standard InChI is InChI=1S/C35H28N4S2/c1-40-24-8-3-6-18-16-20-10-12-22-23-13-11-21-17-19-7-4-9-25(41-2)30(19)35(37)32(21)27(23)28-26(22)31(20)34(36,29(18)24)38-14-5-15-39(35)33(28)38/h3-15,28H,16-17,36-37H2,1-2H3/q+2. The zero-order valence-corrected chi connectivity index (χ0v) is 24.5. The van der Waals surface area contributed by atoms with Crippen LogP contribution in [0.5, 0.6) is 0 Å². The van der Waals surface area contributed by atoms with Gasteiger partial charge in [0.15, 0.2) is 18.3 Å². The first kappa shape index (κ1) is 23.2. The van der Waals surface area contributed by atoms with Gasteiger partial charge < -0.3 is 0 Å². The molecule has 0 saturated carbocycles. The number of rotatable bonds is 2. The Kier molecular flexibility index (Phi) is 4.13. The molecule has 0 saturated heterocycles. The Morgan fingerprint density at radius 2 is 1.07 bits per heavy atom. The molecule has 0 fully saturated rings. The fourth-order valence-electron chi connectivity index (χ4n) is 9.15. The van der Waals surface area contributed by atoms with Crippen molar-refractivity contribution in [3.63, 3.8) is 0 Å². The molecule has 3 heterocycles. The highest BCUT2D eigenvalue weighted by molar-refractivity contribution is 7.98. The van der Waals surface area contributed by atoms with Gasteiger partial charge >= 0.3 is 5.82 Å². The largest absolute Gasteiger partial charge is 0.434 e. The van der Waals surface area contributed by atoms with Crippen molar-refractivity contribution in [1.82, 2.24) is 0 Å². The van der Waals surface area contributed by atoms with Gasteiger partial charge in [-0.1, -0.05) is 48.5 Å². The molecule has 1 aromatic heterocycles. The van der Waals surface area contributed by atoms with Gasteiger partial charge in [0.1, 0.15) is 0 Å². The van der Waals surface area contributed by atoms with Crippen LogP contribution >= 0.6 is 23.5 Å². The SMILES string of the molecule is CSc1cccc2c1C1(N)c3c(ccc4c3C3c5c-4ccc4c5C(N)(c5c(cccc5SC)C4)[n+]4ccc[n+]1c43)C2. The average Bonchev–Trinajstić information content (AvgIpc) is 3.34. The van der Waals surface area contributed by atoms with Gasteiger partial charge in [-0.15, -0.1) is 32.7 Å². The lowest BCUT2D eigenvalue weighted by Gasteiger charge is -2.43. The summed E-state index contributed by atoms with van der Waals surface area (Å²) in [6, 6.07) is 24.9. The Labute approximate surface area is 247 Å². The van der Waals surface area contributed by atoms with E-state index in [2.05, 4.69) is 101 Å². The van der Waals surface area contributed by atoms with Crippen molar-refractivity contribution >= 4 is 23.5 Å². The van der Waals surface area contributed by atoms with Gasteiger partial charge in [0.25, 0.3) is 11.3 Å². The van der Waals surface area contributed by atoms with E-state index in [-0.39, 0.29) is 5.92 Å². The van der Waals surface area contributed by atoms with Gasteiger partial charge in [0.2, 0.25) is 0 Å². The summed E-state index contributed by atoms with van der Waals surface area (Å²) in [4.78, 5) is 2.48. The molecule has 4 nitrogen and oxygen atoms in total. The number of fused-ring (bicyclic) bond motifs is 7.